The number of hydrogen-bond donors (Lipinski definition) is 1. The van der Waals surface area contributed by atoms with E-state index in [0.29, 0.717) is 11.3 Å². The minimum absolute atomic E-state index is 0.0403. The van der Waals surface area contributed by atoms with Gasteiger partial charge in [0, 0.05) is 12.3 Å². The maximum atomic E-state index is 12.5. The highest BCUT2D eigenvalue weighted by Gasteiger charge is 2.18. The third-order valence-corrected chi connectivity index (χ3v) is 7.46. The zero-order chi connectivity index (χ0) is 19.4. The van der Waals surface area contributed by atoms with Crippen molar-refractivity contribution in [1.82, 2.24) is 9.71 Å². The van der Waals surface area contributed by atoms with E-state index in [4.69, 9.17) is 4.74 Å². The Labute approximate surface area is 166 Å². The van der Waals surface area contributed by atoms with Gasteiger partial charge in [-0.15, -0.1) is 11.3 Å². The number of ether oxygens (including phenoxy) is 1. The summed E-state index contributed by atoms with van der Waals surface area (Å²) in [5.74, 6) is -0.00894. The monoisotopic (exact) mass is 422 g/mol. The van der Waals surface area contributed by atoms with Gasteiger partial charge in [0.2, 0.25) is 10.0 Å². The average Bonchev–Trinajstić information content (AvgIpc) is 3.07. The first kappa shape index (κ1) is 19.8. The maximum absolute atomic E-state index is 12.5. The molecule has 142 valence electrons. The van der Waals surface area contributed by atoms with E-state index in [0.717, 1.165) is 14.6 Å². The third-order valence-electron chi connectivity index (χ3n) is 3.82. The average molecular weight is 423 g/mol. The lowest BCUT2D eigenvalue weighted by atomic mass is 10.1. The Morgan fingerprint density at radius 1 is 1.26 bits per heavy atom. The van der Waals surface area contributed by atoms with E-state index in [1.165, 1.54) is 31.0 Å². The number of aromatic nitrogens is 1. The fourth-order valence-corrected chi connectivity index (χ4v) is 5.59. The van der Waals surface area contributed by atoms with Gasteiger partial charge in [-0.1, -0.05) is 30.0 Å². The van der Waals surface area contributed by atoms with Crippen molar-refractivity contribution >= 4 is 49.3 Å². The van der Waals surface area contributed by atoms with Gasteiger partial charge in [-0.05, 0) is 36.8 Å². The van der Waals surface area contributed by atoms with Crippen molar-refractivity contribution in [1.29, 1.82) is 0 Å². The number of rotatable bonds is 7. The number of hydrogen-bond acceptors (Lipinski definition) is 7. The molecule has 0 amide bonds. The number of sulfonamides is 1. The standard InChI is InChI=1S/C18H18N2O4S3/c1-12-7-8-13(11-14(12)17(21)24-2)27(22,23)19-9-10-25-18-20-15-5-3-4-6-16(15)26-18/h3-8,11,19H,9-10H2,1-2H3. The lowest BCUT2D eigenvalue weighted by Gasteiger charge is -2.09. The topological polar surface area (TPSA) is 85.4 Å². The van der Waals surface area contributed by atoms with Crippen LogP contribution in [0.4, 0.5) is 0 Å². The van der Waals surface area contributed by atoms with Gasteiger partial charge in [0.05, 0.1) is 27.8 Å². The number of nitrogens with one attached hydrogen (secondary N) is 1. The molecular formula is C18H18N2O4S3. The van der Waals surface area contributed by atoms with Crippen LogP contribution >= 0.6 is 23.1 Å². The molecule has 1 heterocycles. The summed E-state index contributed by atoms with van der Waals surface area (Å²) in [5, 5.41) is 0. The van der Waals surface area contributed by atoms with Crippen molar-refractivity contribution in [2.75, 3.05) is 19.4 Å². The normalized spacial score (nSPS) is 11.6. The van der Waals surface area contributed by atoms with Crippen LogP contribution in [0.25, 0.3) is 10.2 Å². The highest BCUT2D eigenvalue weighted by molar-refractivity contribution is 8.01. The molecule has 0 saturated heterocycles. The largest absolute Gasteiger partial charge is 0.465 e. The quantitative estimate of drug-likeness (QED) is 0.357. The second kappa shape index (κ2) is 8.39. The molecule has 0 fully saturated rings. The first-order valence-electron chi connectivity index (χ1n) is 8.08. The highest BCUT2D eigenvalue weighted by Crippen LogP contribution is 2.29. The van der Waals surface area contributed by atoms with Gasteiger partial charge < -0.3 is 4.74 Å². The molecule has 0 atom stereocenters. The number of benzene rings is 2. The van der Waals surface area contributed by atoms with Crippen LogP contribution in [0, 0.1) is 6.92 Å². The molecule has 27 heavy (non-hydrogen) atoms. The fraction of sp³-hybridized carbons (Fsp3) is 0.222. The van der Waals surface area contributed by atoms with E-state index < -0.39 is 16.0 Å². The number of aryl methyl sites for hydroxylation is 1. The van der Waals surface area contributed by atoms with E-state index in [2.05, 4.69) is 9.71 Å². The number of carbonyl (C=O) groups excluding carboxylic acids is 1. The molecule has 0 aliphatic rings. The highest BCUT2D eigenvalue weighted by atomic mass is 32.2. The van der Waals surface area contributed by atoms with Crippen LogP contribution in [0.5, 0.6) is 0 Å². The summed E-state index contributed by atoms with van der Waals surface area (Å²) in [4.78, 5) is 16.3. The van der Waals surface area contributed by atoms with Crippen molar-refractivity contribution in [3.8, 4) is 0 Å². The fourth-order valence-electron chi connectivity index (χ4n) is 2.41. The summed E-state index contributed by atoms with van der Waals surface area (Å²) in [6.07, 6.45) is 0. The second-order valence-corrected chi connectivity index (χ2v) is 9.80. The minimum atomic E-state index is -3.71. The Kier molecular flexibility index (Phi) is 6.15. The van der Waals surface area contributed by atoms with Gasteiger partial charge in [-0.25, -0.2) is 22.9 Å². The molecule has 0 spiro atoms. The number of methoxy groups -OCH3 is 1. The Balaban J connectivity index is 1.62. The van der Waals surface area contributed by atoms with Crippen LogP contribution in [-0.4, -0.2) is 38.8 Å². The van der Waals surface area contributed by atoms with Crippen LogP contribution in [-0.2, 0) is 14.8 Å². The number of thiazole rings is 1. The van der Waals surface area contributed by atoms with E-state index in [1.807, 2.05) is 24.3 Å². The van der Waals surface area contributed by atoms with Gasteiger partial charge in [0.25, 0.3) is 0 Å². The first-order valence-corrected chi connectivity index (χ1v) is 11.4. The van der Waals surface area contributed by atoms with E-state index in [9.17, 15) is 13.2 Å². The predicted octanol–water partition coefficient (Wildman–Crippen LogP) is 3.46. The van der Waals surface area contributed by atoms with Crippen LogP contribution in [0.3, 0.4) is 0 Å². The van der Waals surface area contributed by atoms with E-state index in [1.54, 1.807) is 24.3 Å². The number of esters is 1. The molecule has 0 radical (unpaired) electrons. The van der Waals surface area contributed by atoms with Crippen LogP contribution in [0.15, 0.2) is 51.7 Å². The summed E-state index contributed by atoms with van der Waals surface area (Å²) in [7, 11) is -2.44. The van der Waals surface area contributed by atoms with Gasteiger partial charge in [0.15, 0.2) is 4.34 Å². The van der Waals surface area contributed by atoms with Crippen molar-refractivity contribution in [2.24, 2.45) is 0 Å². The van der Waals surface area contributed by atoms with E-state index in [-0.39, 0.29) is 17.0 Å². The Hall–Kier alpha value is -1.94. The second-order valence-electron chi connectivity index (χ2n) is 5.66. The van der Waals surface area contributed by atoms with Crippen LogP contribution < -0.4 is 4.72 Å². The van der Waals surface area contributed by atoms with Gasteiger partial charge in [-0.3, -0.25) is 0 Å². The molecule has 3 aromatic rings. The molecule has 1 N–H and O–H groups in total. The van der Waals surface area contributed by atoms with Gasteiger partial charge in [0.1, 0.15) is 0 Å². The summed E-state index contributed by atoms with van der Waals surface area (Å²) in [5.41, 5.74) is 1.84. The summed E-state index contributed by atoms with van der Waals surface area (Å²) in [6.45, 7) is 1.98. The first-order chi connectivity index (χ1) is 12.9. The SMILES string of the molecule is COC(=O)c1cc(S(=O)(=O)NCCSc2nc3ccccc3s2)ccc1C. The van der Waals surface area contributed by atoms with Gasteiger partial charge in [-0.2, -0.15) is 0 Å². The molecule has 3 rings (SSSR count). The molecule has 2 aromatic carbocycles. The summed E-state index contributed by atoms with van der Waals surface area (Å²) in [6, 6.07) is 12.3. The molecule has 0 unspecified atom stereocenters. The number of fused-ring (bicyclic) bond motifs is 1. The maximum Gasteiger partial charge on any atom is 0.338 e. The van der Waals surface area contributed by atoms with Crippen molar-refractivity contribution in [3.05, 3.63) is 53.6 Å². The molecule has 0 saturated carbocycles. The van der Waals surface area contributed by atoms with Crippen LogP contribution in [0.2, 0.25) is 0 Å². The van der Waals surface area contributed by atoms with Crippen molar-refractivity contribution < 1.29 is 17.9 Å². The summed E-state index contributed by atoms with van der Waals surface area (Å²) >= 11 is 3.09. The molecule has 0 bridgehead atoms. The van der Waals surface area contributed by atoms with Gasteiger partial charge >= 0.3 is 5.97 Å². The third kappa shape index (κ3) is 4.67. The Bertz CT molecular complexity index is 1040. The molecule has 1 aromatic heterocycles. The molecular weight excluding hydrogens is 404 g/mol. The minimum Gasteiger partial charge on any atom is -0.465 e. The zero-order valence-corrected chi connectivity index (χ0v) is 17.2. The smallest absolute Gasteiger partial charge is 0.338 e. The predicted molar refractivity (Wildman–Crippen MR) is 108 cm³/mol. The molecule has 0 aliphatic carbocycles. The lowest BCUT2D eigenvalue weighted by molar-refractivity contribution is 0.0599. The molecule has 0 aliphatic heterocycles. The number of para-hydroxylation sites is 1. The van der Waals surface area contributed by atoms with E-state index >= 15 is 0 Å². The van der Waals surface area contributed by atoms with Crippen LogP contribution in [0.1, 0.15) is 15.9 Å². The molecule has 6 nitrogen and oxygen atoms in total. The number of thioether (sulfide) groups is 1. The van der Waals surface area contributed by atoms with Crippen molar-refractivity contribution in [3.63, 3.8) is 0 Å². The van der Waals surface area contributed by atoms with Crippen molar-refractivity contribution in [2.45, 2.75) is 16.2 Å². The number of carbonyl (C=O) groups is 1. The zero-order valence-electron chi connectivity index (χ0n) is 14.8. The summed E-state index contributed by atoms with van der Waals surface area (Å²) < 4.78 is 34.2. The lowest BCUT2D eigenvalue weighted by Crippen LogP contribution is -2.26. The Morgan fingerprint density at radius 3 is 2.78 bits per heavy atom. The Morgan fingerprint density at radius 2 is 2.04 bits per heavy atom. The molecule has 9 heteroatoms. The number of nitrogens with zero attached hydrogens (tertiary/aromatic N) is 1.